The average Bonchev–Trinajstić information content (AvgIpc) is 2.68. The summed E-state index contributed by atoms with van der Waals surface area (Å²) >= 11 is 1.51. The molecule has 0 aromatic carbocycles. The van der Waals surface area contributed by atoms with E-state index in [0.29, 0.717) is 18.9 Å². The Morgan fingerprint density at radius 2 is 2.25 bits per heavy atom. The number of aliphatic hydroxyl groups excluding tert-OH is 1. The average molecular weight is 241 g/mol. The summed E-state index contributed by atoms with van der Waals surface area (Å²) in [5, 5.41) is 11.8. The van der Waals surface area contributed by atoms with Gasteiger partial charge < -0.3 is 10.0 Å². The van der Waals surface area contributed by atoms with E-state index in [-0.39, 0.29) is 5.91 Å². The summed E-state index contributed by atoms with van der Waals surface area (Å²) < 4.78 is 0. The smallest absolute Gasteiger partial charge is 0.222 e. The monoisotopic (exact) mass is 241 g/mol. The normalized spacial score (nSPS) is 12.8. The highest BCUT2D eigenvalue weighted by Gasteiger charge is 2.16. The Morgan fingerprint density at radius 1 is 1.56 bits per heavy atom. The van der Waals surface area contributed by atoms with Crippen LogP contribution < -0.4 is 0 Å². The third-order valence-corrected chi connectivity index (χ3v) is 3.30. The molecule has 0 aliphatic heterocycles. The maximum absolute atomic E-state index is 11.7. The Balaban J connectivity index is 2.45. The molecule has 0 aliphatic carbocycles. The summed E-state index contributed by atoms with van der Waals surface area (Å²) in [6.07, 6.45) is -0.0330. The molecule has 3 nitrogen and oxygen atoms in total. The Morgan fingerprint density at radius 3 is 2.75 bits per heavy atom. The van der Waals surface area contributed by atoms with Gasteiger partial charge in [-0.05, 0) is 17.4 Å². The van der Waals surface area contributed by atoms with Crippen LogP contribution in [-0.2, 0) is 4.79 Å². The van der Waals surface area contributed by atoms with Crippen LogP contribution in [0.1, 0.15) is 31.2 Å². The van der Waals surface area contributed by atoms with Gasteiger partial charge in [0.2, 0.25) is 5.91 Å². The van der Waals surface area contributed by atoms with Crippen molar-refractivity contribution >= 4 is 17.2 Å². The van der Waals surface area contributed by atoms with Gasteiger partial charge in [0.25, 0.3) is 0 Å². The molecule has 0 saturated carbocycles. The zero-order chi connectivity index (χ0) is 12.1. The first-order chi connectivity index (χ1) is 7.50. The molecule has 16 heavy (non-hydrogen) atoms. The Hall–Kier alpha value is -0.870. The fourth-order valence-corrected chi connectivity index (χ4v) is 2.14. The van der Waals surface area contributed by atoms with Crippen molar-refractivity contribution in [2.45, 2.75) is 26.4 Å². The highest BCUT2D eigenvalue weighted by Crippen LogP contribution is 2.19. The first-order valence-corrected chi connectivity index (χ1v) is 6.34. The molecule has 1 heterocycles. The topological polar surface area (TPSA) is 40.5 Å². The molecular formula is C12H19NO2S. The Kier molecular flexibility index (Phi) is 4.96. The first kappa shape index (κ1) is 13.2. The maximum Gasteiger partial charge on any atom is 0.222 e. The van der Waals surface area contributed by atoms with Crippen molar-refractivity contribution in [3.05, 3.63) is 22.4 Å². The molecule has 0 aliphatic rings. The van der Waals surface area contributed by atoms with E-state index in [1.165, 1.54) is 11.3 Å². The van der Waals surface area contributed by atoms with Gasteiger partial charge in [0, 0.05) is 18.3 Å². The molecule has 0 bridgehead atoms. The van der Waals surface area contributed by atoms with Gasteiger partial charge >= 0.3 is 0 Å². The van der Waals surface area contributed by atoms with Gasteiger partial charge in [0.15, 0.2) is 0 Å². The van der Waals surface area contributed by atoms with E-state index in [1.54, 1.807) is 11.9 Å². The van der Waals surface area contributed by atoms with Gasteiger partial charge in [-0.2, -0.15) is 0 Å². The zero-order valence-electron chi connectivity index (χ0n) is 10.0. The van der Waals surface area contributed by atoms with E-state index in [4.69, 9.17) is 0 Å². The van der Waals surface area contributed by atoms with E-state index in [0.717, 1.165) is 4.88 Å². The predicted octanol–water partition coefficient (Wildman–Crippen LogP) is 2.29. The number of amides is 1. The van der Waals surface area contributed by atoms with Crippen LogP contribution in [0.4, 0.5) is 0 Å². The van der Waals surface area contributed by atoms with Crippen LogP contribution in [0.3, 0.4) is 0 Å². The number of hydrogen-bond acceptors (Lipinski definition) is 3. The second kappa shape index (κ2) is 6.01. The van der Waals surface area contributed by atoms with Crippen molar-refractivity contribution in [3.8, 4) is 0 Å². The largest absolute Gasteiger partial charge is 0.386 e. The third-order valence-electron chi connectivity index (χ3n) is 2.33. The summed E-state index contributed by atoms with van der Waals surface area (Å²) in [5.41, 5.74) is 0. The molecule has 1 rings (SSSR count). The molecule has 1 unspecified atom stereocenters. The summed E-state index contributed by atoms with van der Waals surface area (Å²) in [6, 6.07) is 3.79. The molecule has 0 radical (unpaired) electrons. The van der Waals surface area contributed by atoms with Crippen LogP contribution >= 0.6 is 11.3 Å². The van der Waals surface area contributed by atoms with E-state index in [2.05, 4.69) is 0 Å². The number of carbonyl (C=O) groups excluding carboxylic acids is 1. The van der Waals surface area contributed by atoms with E-state index in [9.17, 15) is 9.90 Å². The molecule has 4 heteroatoms. The van der Waals surface area contributed by atoms with Crippen molar-refractivity contribution in [2.75, 3.05) is 13.6 Å². The zero-order valence-corrected chi connectivity index (χ0v) is 10.8. The van der Waals surface area contributed by atoms with E-state index < -0.39 is 6.10 Å². The number of thiophene rings is 1. The first-order valence-electron chi connectivity index (χ1n) is 5.46. The summed E-state index contributed by atoms with van der Waals surface area (Å²) in [6.45, 7) is 4.40. The molecule has 0 saturated heterocycles. The highest BCUT2D eigenvalue weighted by molar-refractivity contribution is 7.10. The molecule has 0 fully saturated rings. The number of nitrogens with zero attached hydrogens (tertiary/aromatic N) is 1. The standard InChI is InChI=1S/C12H19NO2S/c1-9(2)7-12(15)13(3)8-10(14)11-5-4-6-16-11/h4-6,9-10,14H,7-8H2,1-3H3. The van der Waals surface area contributed by atoms with Crippen molar-refractivity contribution in [2.24, 2.45) is 5.92 Å². The van der Waals surface area contributed by atoms with Gasteiger partial charge in [-0.15, -0.1) is 11.3 Å². The molecule has 0 spiro atoms. The molecule has 1 aromatic heterocycles. The van der Waals surface area contributed by atoms with Crippen molar-refractivity contribution in [3.63, 3.8) is 0 Å². The number of carbonyl (C=O) groups is 1. The minimum atomic E-state index is -0.568. The van der Waals surface area contributed by atoms with Gasteiger partial charge in [-0.3, -0.25) is 4.79 Å². The van der Waals surface area contributed by atoms with Crippen LogP contribution in [0.5, 0.6) is 0 Å². The molecule has 1 atom stereocenters. The van der Waals surface area contributed by atoms with Crippen LogP contribution in [0.2, 0.25) is 0 Å². The van der Waals surface area contributed by atoms with Crippen molar-refractivity contribution in [1.29, 1.82) is 0 Å². The second-order valence-corrected chi connectivity index (χ2v) is 5.38. The van der Waals surface area contributed by atoms with Gasteiger partial charge in [0.1, 0.15) is 6.10 Å². The van der Waals surface area contributed by atoms with Crippen molar-refractivity contribution in [1.82, 2.24) is 4.90 Å². The quantitative estimate of drug-likeness (QED) is 0.859. The summed E-state index contributed by atoms with van der Waals surface area (Å²) in [5.74, 6) is 0.444. The van der Waals surface area contributed by atoms with Gasteiger partial charge in [-0.1, -0.05) is 19.9 Å². The fourth-order valence-electron chi connectivity index (χ4n) is 1.44. The predicted molar refractivity (Wildman–Crippen MR) is 66.4 cm³/mol. The Labute approximate surface area is 101 Å². The number of rotatable bonds is 5. The van der Waals surface area contributed by atoms with Crippen LogP contribution in [-0.4, -0.2) is 29.5 Å². The minimum Gasteiger partial charge on any atom is -0.386 e. The number of aliphatic hydroxyl groups is 1. The van der Waals surface area contributed by atoms with Gasteiger partial charge in [0.05, 0.1) is 6.54 Å². The van der Waals surface area contributed by atoms with E-state index in [1.807, 2.05) is 31.4 Å². The molecule has 1 amide bonds. The SMILES string of the molecule is CC(C)CC(=O)N(C)CC(O)c1cccs1. The van der Waals surface area contributed by atoms with Crippen molar-refractivity contribution < 1.29 is 9.90 Å². The van der Waals surface area contributed by atoms with Gasteiger partial charge in [-0.25, -0.2) is 0 Å². The fraction of sp³-hybridized carbons (Fsp3) is 0.583. The summed E-state index contributed by atoms with van der Waals surface area (Å²) in [4.78, 5) is 14.2. The lowest BCUT2D eigenvalue weighted by Gasteiger charge is -2.21. The lowest BCUT2D eigenvalue weighted by molar-refractivity contribution is -0.131. The van der Waals surface area contributed by atoms with E-state index >= 15 is 0 Å². The highest BCUT2D eigenvalue weighted by atomic mass is 32.1. The van der Waals surface area contributed by atoms with Crippen LogP contribution in [0, 0.1) is 5.92 Å². The van der Waals surface area contributed by atoms with Crippen LogP contribution in [0.15, 0.2) is 17.5 Å². The molecule has 90 valence electrons. The number of likely N-dealkylation sites (N-methyl/N-ethyl adjacent to an activating group) is 1. The lowest BCUT2D eigenvalue weighted by atomic mass is 10.1. The summed E-state index contributed by atoms with van der Waals surface area (Å²) in [7, 11) is 1.74. The molecule has 1 N–H and O–H groups in total. The number of hydrogen-bond donors (Lipinski definition) is 1. The lowest BCUT2D eigenvalue weighted by Crippen LogP contribution is -2.31. The Bertz CT molecular complexity index is 322. The molecular weight excluding hydrogens is 222 g/mol. The third kappa shape index (κ3) is 3.94. The maximum atomic E-state index is 11.7. The molecule has 1 aromatic rings. The second-order valence-electron chi connectivity index (χ2n) is 4.40. The van der Waals surface area contributed by atoms with Crippen LogP contribution in [0.25, 0.3) is 0 Å². The minimum absolute atomic E-state index is 0.0885.